The van der Waals surface area contributed by atoms with E-state index in [1.807, 2.05) is 6.07 Å². The van der Waals surface area contributed by atoms with Crippen molar-refractivity contribution in [3.05, 3.63) is 94.4 Å². The highest BCUT2D eigenvalue weighted by Crippen LogP contribution is 2.13. The van der Waals surface area contributed by atoms with Crippen molar-refractivity contribution in [1.29, 1.82) is 5.26 Å². The standard InChI is InChI=1S/C18H14ClN5O4/c1-21-16(26)8-14(24-13(19)7-15(25)22(2)18(24)28)23(17(21)27)10-12-6-4-3-5-11(12)9-20/h3-8H,10H2,1-2H3. The lowest BCUT2D eigenvalue weighted by Crippen LogP contribution is -2.43. The van der Waals surface area contributed by atoms with Crippen LogP contribution in [0, 0.1) is 11.3 Å². The molecule has 0 spiro atoms. The van der Waals surface area contributed by atoms with Crippen molar-refractivity contribution in [3.63, 3.8) is 0 Å². The first-order valence-electron chi connectivity index (χ1n) is 8.04. The van der Waals surface area contributed by atoms with Crippen molar-refractivity contribution in [2.45, 2.75) is 6.54 Å². The van der Waals surface area contributed by atoms with Gasteiger partial charge in [0.05, 0.1) is 18.2 Å². The number of halogens is 1. The number of nitriles is 1. The molecule has 0 radical (unpaired) electrons. The maximum atomic E-state index is 12.8. The highest BCUT2D eigenvalue weighted by Gasteiger charge is 2.18. The smallest absolute Gasteiger partial charge is 0.274 e. The van der Waals surface area contributed by atoms with Crippen molar-refractivity contribution in [3.8, 4) is 11.9 Å². The largest absolute Gasteiger partial charge is 0.337 e. The van der Waals surface area contributed by atoms with Gasteiger partial charge in [0.2, 0.25) is 0 Å². The second-order valence-corrected chi connectivity index (χ2v) is 6.41. The molecule has 0 aliphatic rings. The minimum Gasteiger partial charge on any atom is -0.274 e. The summed E-state index contributed by atoms with van der Waals surface area (Å²) in [6, 6.07) is 10.8. The lowest BCUT2D eigenvalue weighted by molar-refractivity contribution is 0.607. The Bertz CT molecular complexity index is 1370. The summed E-state index contributed by atoms with van der Waals surface area (Å²) in [4.78, 5) is 49.4. The number of nitrogens with zero attached hydrogens (tertiary/aromatic N) is 5. The van der Waals surface area contributed by atoms with Crippen LogP contribution in [-0.4, -0.2) is 18.3 Å². The molecule has 9 nitrogen and oxygen atoms in total. The van der Waals surface area contributed by atoms with E-state index in [1.165, 1.54) is 14.1 Å². The molecular weight excluding hydrogens is 386 g/mol. The monoisotopic (exact) mass is 399 g/mol. The Morgan fingerprint density at radius 3 is 2.25 bits per heavy atom. The number of aromatic nitrogens is 4. The average molecular weight is 400 g/mol. The van der Waals surface area contributed by atoms with Crippen LogP contribution in [0.1, 0.15) is 11.1 Å². The second-order valence-electron chi connectivity index (χ2n) is 6.02. The number of benzene rings is 1. The summed E-state index contributed by atoms with van der Waals surface area (Å²) >= 11 is 6.09. The van der Waals surface area contributed by atoms with Gasteiger partial charge in [0, 0.05) is 26.2 Å². The first-order valence-corrected chi connectivity index (χ1v) is 8.42. The van der Waals surface area contributed by atoms with Crippen LogP contribution < -0.4 is 22.5 Å². The maximum Gasteiger partial charge on any atom is 0.337 e. The molecule has 0 unspecified atom stereocenters. The SMILES string of the molecule is Cn1c(=O)cc(-n2c(Cl)cc(=O)n(C)c2=O)n(Cc2ccccc2C#N)c1=O. The third-order valence-corrected chi connectivity index (χ3v) is 4.62. The Morgan fingerprint density at radius 1 is 0.964 bits per heavy atom. The topological polar surface area (TPSA) is 112 Å². The first-order chi connectivity index (χ1) is 13.3. The zero-order valence-electron chi connectivity index (χ0n) is 14.9. The molecule has 10 heteroatoms. The van der Waals surface area contributed by atoms with Gasteiger partial charge in [-0.15, -0.1) is 0 Å². The van der Waals surface area contributed by atoms with E-state index in [-0.39, 0.29) is 17.5 Å². The zero-order valence-corrected chi connectivity index (χ0v) is 15.7. The molecule has 0 aliphatic carbocycles. The van der Waals surface area contributed by atoms with E-state index in [0.717, 1.165) is 30.4 Å². The van der Waals surface area contributed by atoms with Crippen LogP contribution in [0.4, 0.5) is 0 Å². The third-order valence-electron chi connectivity index (χ3n) is 4.34. The molecule has 0 fully saturated rings. The van der Waals surface area contributed by atoms with Gasteiger partial charge in [-0.3, -0.25) is 23.3 Å². The van der Waals surface area contributed by atoms with Gasteiger partial charge in [0.15, 0.2) is 0 Å². The van der Waals surface area contributed by atoms with E-state index in [2.05, 4.69) is 0 Å². The molecule has 28 heavy (non-hydrogen) atoms. The van der Waals surface area contributed by atoms with Crippen molar-refractivity contribution >= 4 is 11.6 Å². The van der Waals surface area contributed by atoms with Gasteiger partial charge < -0.3 is 0 Å². The third kappa shape index (κ3) is 3.10. The van der Waals surface area contributed by atoms with E-state index >= 15 is 0 Å². The van der Waals surface area contributed by atoms with Crippen LogP contribution >= 0.6 is 11.6 Å². The van der Waals surface area contributed by atoms with Crippen molar-refractivity contribution in [1.82, 2.24) is 18.3 Å². The summed E-state index contributed by atoms with van der Waals surface area (Å²) in [5, 5.41) is 9.05. The van der Waals surface area contributed by atoms with Gasteiger partial charge in [-0.25, -0.2) is 14.2 Å². The van der Waals surface area contributed by atoms with E-state index in [1.54, 1.807) is 24.3 Å². The Hall–Kier alpha value is -3.64. The predicted octanol–water partition coefficient (Wildman–Crippen LogP) is -0.0300. The van der Waals surface area contributed by atoms with E-state index in [9.17, 15) is 24.4 Å². The van der Waals surface area contributed by atoms with Crippen molar-refractivity contribution in [2.75, 3.05) is 0 Å². The highest BCUT2D eigenvalue weighted by molar-refractivity contribution is 6.29. The van der Waals surface area contributed by atoms with E-state index in [0.29, 0.717) is 11.1 Å². The molecule has 0 aliphatic heterocycles. The summed E-state index contributed by atoms with van der Waals surface area (Å²) < 4.78 is 3.73. The van der Waals surface area contributed by atoms with Gasteiger partial charge in [0.1, 0.15) is 11.0 Å². The van der Waals surface area contributed by atoms with Gasteiger partial charge in [0.25, 0.3) is 11.1 Å². The molecule has 0 saturated heterocycles. The number of hydrogen-bond donors (Lipinski definition) is 0. The fourth-order valence-corrected chi connectivity index (χ4v) is 2.99. The predicted molar refractivity (Wildman–Crippen MR) is 102 cm³/mol. The van der Waals surface area contributed by atoms with Crippen molar-refractivity contribution in [2.24, 2.45) is 14.1 Å². The van der Waals surface area contributed by atoms with E-state index in [4.69, 9.17) is 11.6 Å². The molecule has 3 rings (SSSR count). The Morgan fingerprint density at radius 2 is 1.57 bits per heavy atom. The van der Waals surface area contributed by atoms with Gasteiger partial charge in [-0.1, -0.05) is 29.8 Å². The minimum absolute atomic E-state index is 0.0857. The summed E-state index contributed by atoms with van der Waals surface area (Å²) in [6.45, 7) is -0.0857. The Balaban J connectivity index is 2.39. The van der Waals surface area contributed by atoms with Crippen LogP contribution in [0.25, 0.3) is 5.82 Å². The molecule has 2 heterocycles. The maximum absolute atomic E-state index is 12.8. The first kappa shape index (κ1) is 19.1. The second kappa shape index (κ2) is 7.17. The lowest BCUT2D eigenvalue weighted by atomic mass is 10.1. The molecule has 0 saturated carbocycles. The summed E-state index contributed by atoms with van der Waals surface area (Å²) in [5.41, 5.74) is -1.94. The zero-order chi connectivity index (χ0) is 20.6. The van der Waals surface area contributed by atoms with Crippen LogP contribution in [0.3, 0.4) is 0 Å². The summed E-state index contributed by atoms with van der Waals surface area (Å²) in [5.74, 6) is -0.105. The quantitative estimate of drug-likeness (QED) is 0.574. The molecule has 0 N–H and O–H groups in total. The van der Waals surface area contributed by atoms with Crippen LogP contribution in [-0.2, 0) is 20.6 Å². The lowest BCUT2D eigenvalue weighted by Gasteiger charge is -2.17. The van der Waals surface area contributed by atoms with Crippen molar-refractivity contribution < 1.29 is 0 Å². The Labute approximate surface area is 162 Å². The molecule has 3 aromatic rings. The van der Waals surface area contributed by atoms with Crippen LogP contribution in [0.2, 0.25) is 5.15 Å². The number of hydrogen-bond acceptors (Lipinski definition) is 5. The fraction of sp³-hybridized carbons (Fsp3) is 0.167. The summed E-state index contributed by atoms with van der Waals surface area (Å²) in [6.07, 6.45) is 0. The van der Waals surface area contributed by atoms with Gasteiger partial charge >= 0.3 is 11.4 Å². The van der Waals surface area contributed by atoms with Gasteiger partial charge in [-0.2, -0.15) is 5.26 Å². The van der Waals surface area contributed by atoms with E-state index < -0.39 is 22.5 Å². The molecule has 0 atom stereocenters. The molecule has 0 bridgehead atoms. The average Bonchev–Trinajstić information content (AvgIpc) is 2.67. The molecule has 2 aromatic heterocycles. The number of rotatable bonds is 3. The highest BCUT2D eigenvalue weighted by atomic mass is 35.5. The molecule has 1 aromatic carbocycles. The van der Waals surface area contributed by atoms with Crippen LogP contribution in [0.15, 0.2) is 55.6 Å². The summed E-state index contributed by atoms with van der Waals surface area (Å²) in [7, 11) is 2.55. The van der Waals surface area contributed by atoms with Gasteiger partial charge in [-0.05, 0) is 11.6 Å². The fourth-order valence-electron chi connectivity index (χ4n) is 2.74. The Kier molecular flexibility index (Phi) is 4.90. The molecule has 0 amide bonds. The van der Waals surface area contributed by atoms with Crippen LogP contribution in [0.5, 0.6) is 0 Å². The molecule has 142 valence electrons. The molecular formula is C18H14ClN5O4. The normalized spacial score (nSPS) is 10.6. The minimum atomic E-state index is -0.813.